The summed E-state index contributed by atoms with van der Waals surface area (Å²) in [5, 5.41) is 1.23. The molecule has 16 heavy (non-hydrogen) atoms. The first kappa shape index (κ1) is 12.3. The van der Waals surface area contributed by atoms with Crippen molar-refractivity contribution in [3.8, 4) is 0 Å². The summed E-state index contributed by atoms with van der Waals surface area (Å²) in [4.78, 5) is 4.71. The Kier molecular flexibility index (Phi) is 3.54. The molecule has 0 spiro atoms. The van der Waals surface area contributed by atoms with Crippen molar-refractivity contribution in [2.45, 2.75) is 26.7 Å². The lowest BCUT2D eigenvalue weighted by atomic mass is 10.0. The van der Waals surface area contributed by atoms with Crippen LogP contribution >= 0.6 is 38.5 Å². The zero-order valence-electron chi connectivity index (χ0n) is 9.51. The molecule has 0 aliphatic heterocycles. The topological polar surface area (TPSA) is 12.9 Å². The second-order valence-corrected chi connectivity index (χ2v) is 6.32. The molecule has 0 aliphatic carbocycles. The lowest BCUT2D eigenvalue weighted by Crippen LogP contribution is -1.95. The van der Waals surface area contributed by atoms with Crippen molar-refractivity contribution < 1.29 is 0 Å². The largest absolute Gasteiger partial charge is 0.253 e. The predicted octanol–water partition coefficient (Wildman–Crippen LogP) is 5.03. The molecule has 0 amide bonds. The Hall–Kier alpha value is -0.160. The minimum Gasteiger partial charge on any atom is -0.253 e. The van der Waals surface area contributed by atoms with Crippen LogP contribution in [0.25, 0.3) is 10.9 Å². The second-order valence-electron chi connectivity index (χ2n) is 4.30. The van der Waals surface area contributed by atoms with Gasteiger partial charge in [-0.3, -0.25) is 4.98 Å². The number of fused-ring (bicyclic) bond motifs is 1. The standard InChI is InChI=1S/C13H13BrIN/c1-7(2)12-4-8(3)9-5-10(14)11(15)6-13(9)16-12/h4-7H,1-3H3. The SMILES string of the molecule is Cc1cc(C(C)C)nc2cc(I)c(Br)cc12. The van der Waals surface area contributed by atoms with E-state index in [0.29, 0.717) is 5.92 Å². The zero-order chi connectivity index (χ0) is 11.9. The molecule has 1 aromatic carbocycles. The van der Waals surface area contributed by atoms with Crippen LogP contribution in [0.2, 0.25) is 0 Å². The number of benzene rings is 1. The van der Waals surface area contributed by atoms with Gasteiger partial charge in [0.15, 0.2) is 0 Å². The normalized spacial score (nSPS) is 11.4. The van der Waals surface area contributed by atoms with Gasteiger partial charge in [-0.15, -0.1) is 0 Å². The summed E-state index contributed by atoms with van der Waals surface area (Å²) >= 11 is 5.89. The molecule has 2 aromatic rings. The van der Waals surface area contributed by atoms with Crippen LogP contribution in [0.5, 0.6) is 0 Å². The van der Waals surface area contributed by atoms with Gasteiger partial charge in [0.25, 0.3) is 0 Å². The molecule has 84 valence electrons. The summed E-state index contributed by atoms with van der Waals surface area (Å²) in [5.74, 6) is 0.476. The van der Waals surface area contributed by atoms with Crippen LogP contribution in [-0.2, 0) is 0 Å². The molecular weight excluding hydrogens is 377 g/mol. The number of nitrogens with zero attached hydrogens (tertiary/aromatic N) is 1. The van der Waals surface area contributed by atoms with E-state index in [1.165, 1.54) is 20.2 Å². The van der Waals surface area contributed by atoms with Crippen LogP contribution in [0.15, 0.2) is 22.7 Å². The van der Waals surface area contributed by atoms with E-state index in [-0.39, 0.29) is 0 Å². The monoisotopic (exact) mass is 389 g/mol. The molecule has 0 saturated heterocycles. The minimum absolute atomic E-state index is 0.476. The molecule has 0 bridgehead atoms. The number of aromatic nitrogens is 1. The molecule has 2 rings (SSSR count). The van der Waals surface area contributed by atoms with Crippen molar-refractivity contribution in [3.05, 3.63) is 37.5 Å². The highest BCUT2D eigenvalue weighted by Gasteiger charge is 2.08. The van der Waals surface area contributed by atoms with Crippen LogP contribution in [0.1, 0.15) is 31.0 Å². The number of rotatable bonds is 1. The highest BCUT2D eigenvalue weighted by Crippen LogP contribution is 2.28. The van der Waals surface area contributed by atoms with Crippen LogP contribution in [-0.4, -0.2) is 4.98 Å². The Balaban J connectivity index is 2.77. The Morgan fingerprint density at radius 3 is 2.56 bits per heavy atom. The summed E-state index contributed by atoms with van der Waals surface area (Å²) in [6, 6.07) is 6.48. The van der Waals surface area contributed by atoms with E-state index in [2.05, 4.69) is 77.5 Å². The van der Waals surface area contributed by atoms with Crippen molar-refractivity contribution in [3.63, 3.8) is 0 Å². The summed E-state index contributed by atoms with van der Waals surface area (Å²) < 4.78 is 2.35. The Bertz CT molecular complexity index is 549. The van der Waals surface area contributed by atoms with Gasteiger partial charge in [-0.05, 0) is 75.1 Å². The van der Waals surface area contributed by atoms with E-state index >= 15 is 0 Å². The number of hydrogen-bond acceptors (Lipinski definition) is 1. The Morgan fingerprint density at radius 1 is 1.25 bits per heavy atom. The number of halogens is 2. The molecule has 3 heteroatoms. The van der Waals surface area contributed by atoms with Crippen LogP contribution in [0, 0.1) is 10.5 Å². The number of hydrogen-bond donors (Lipinski definition) is 0. The predicted molar refractivity (Wildman–Crippen MR) is 81.0 cm³/mol. The van der Waals surface area contributed by atoms with Crippen LogP contribution in [0.3, 0.4) is 0 Å². The first-order valence-electron chi connectivity index (χ1n) is 5.25. The maximum Gasteiger partial charge on any atom is 0.0719 e. The minimum atomic E-state index is 0.476. The summed E-state index contributed by atoms with van der Waals surface area (Å²) in [7, 11) is 0. The van der Waals surface area contributed by atoms with E-state index in [0.717, 1.165) is 9.99 Å². The van der Waals surface area contributed by atoms with Gasteiger partial charge in [0.2, 0.25) is 0 Å². The van der Waals surface area contributed by atoms with Crippen molar-refractivity contribution in [2.75, 3.05) is 0 Å². The summed E-state index contributed by atoms with van der Waals surface area (Å²) in [6.07, 6.45) is 0. The van der Waals surface area contributed by atoms with E-state index in [9.17, 15) is 0 Å². The van der Waals surface area contributed by atoms with Gasteiger partial charge in [0, 0.05) is 19.1 Å². The van der Waals surface area contributed by atoms with E-state index in [1.54, 1.807) is 0 Å². The van der Waals surface area contributed by atoms with Crippen molar-refractivity contribution in [1.82, 2.24) is 4.98 Å². The molecule has 0 saturated carbocycles. The van der Waals surface area contributed by atoms with Gasteiger partial charge in [-0.25, -0.2) is 0 Å². The van der Waals surface area contributed by atoms with Gasteiger partial charge in [-0.1, -0.05) is 13.8 Å². The fourth-order valence-electron chi connectivity index (χ4n) is 1.71. The quantitative estimate of drug-likeness (QED) is 0.623. The highest BCUT2D eigenvalue weighted by atomic mass is 127. The molecule has 1 heterocycles. The van der Waals surface area contributed by atoms with E-state index in [1.807, 2.05) is 0 Å². The molecule has 0 aliphatic rings. The van der Waals surface area contributed by atoms with E-state index in [4.69, 9.17) is 4.98 Å². The third-order valence-corrected chi connectivity index (χ3v) is 4.96. The van der Waals surface area contributed by atoms with Crippen molar-refractivity contribution >= 4 is 49.4 Å². The fraction of sp³-hybridized carbons (Fsp3) is 0.308. The highest BCUT2D eigenvalue weighted by molar-refractivity contribution is 14.1. The lowest BCUT2D eigenvalue weighted by Gasteiger charge is -2.10. The van der Waals surface area contributed by atoms with Gasteiger partial charge < -0.3 is 0 Å². The van der Waals surface area contributed by atoms with Crippen LogP contribution in [0.4, 0.5) is 0 Å². The van der Waals surface area contributed by atoms with Gasteiger partial charge in [0.1, 0.15) is 0 Å². The first-order chi connectivity index (χ1) is 7.49. The van der Waals surface area contributed by atoms with Gasteiger partial charge in [0.05, 0.1) is 5.52 Å². The molecule has 0 radical (unpaired) electrons. The molecule has 1 aromatic heterocycles. The molecule has 0 atom stereocenters. The van der Waals surface area contributed by atoms with Crippen molar-refractivity contribution in [2.24, 2.45) is 0 Å². The second kappa shape index (κ2) is 4.61. The molecule has 1 nitrogen and oxygen atoms in total. The third kappa shape index (κ3) is 2.25. The maximum atomic E-state index is 4.71. The maximum absolute atomic E-state index is 4.71. The Morgan fingerprint density at radius 2 is 1.94 bits per heavy atom. The van der Waals surface area contributed by atoms with E-state index < -0.39 is 0 Å². The van der Waals surface area contributed by atoms with Crippen molar-refractivity contribution in [1.29, 1.82) is 0 Å². The Labute approximate surface area is 118 Å². The third-order valence-electron chi connectivity index (χ3n) is 2.67. The van der Waals surface area contributed by atoms with Gasteiger partial charge in [-0.2, -0.15) is 0 Å². The zero-order valence-corrected chi connectivity index (χ0v) is 13.3. The summed E-state index contributed by atoms with van der Waals surface area (Å²) in [5.41, 5.74) is 3.56. The molecular formula is C13H13BrIN. The summed E-state index contributed by atoms with van der Waals surface area (Å²) in [6.45, 7) is 6.50. The number of pyridine rings is 1. The fourth-order valence-corrected chi connectivity index (χ4v) is 2.51. The average Bonchev–Trinajstić information content (AvgIpc) is 2.20. The number of aryl methyl sites for hydroxylation is 1. The van der Waals surface area contributed by atoms with Gasteiger partial charge >= 0.3 is 0 Å². The smallest absolute Gasteiger partial charge is 0.0719 e. The average molecular weight is 390 g/mol. The molecule has 0 unspecified atom stereocenters. The van der Waals surface area contributed by atoms with Crippen LogP contribution < -0.4 is 0 Å². The molecule has 0 N–H and O–H groups in total. The first-order valence-corrected chi connectivity index (χ1v) is 7.12. The lowest BCUT2D eigenvalue weighted by molar-refractivity contribution is 0.828. The molecule has 0 fully saturated rings.